The standard InChI is InChI=1S/C17H15F2N3O/c1-9-4-3-5-14-15(9)17(23)22(16(21-14)10(2)20)13-7-11(18)6-12(19)8-13/h3-8,10H,20H2,1-2H3. The zero-order valence-electron chi connectivity index (χ0n) is 12.7. The average molecular weight is 315 g/mol. The molecule has 4 nitrogen and oxygen atoms in total. The minimum Gasteiger partial charge on any atom is -0.322 e. The first kappa shape index (κ1) is 15.3. The number of halogens is 2. The van der Waals surface area contributed by atoms with Crippen molar-refractivity contribution < 1.29 is 8.78 Å². The first-order valence-corrected chi connectivity index (χ1v) is 7.13. The molecule has 1 aromatic heterocycles. The third-order valence-electron chi connectivity index (χ3n) is 3.64. The van der Waals surface area contributed by atoms with Gasteiger partial charge in [0, 0.05) is 6.07 Å². The third-order valence-corrected chi connectivity index (χ3v) is 3.64. The van der Waals surface area contributed by atoms with E-state index < -0.39 is 23.2 Å². The highest BCUT2D eigenvalue weighted by molar-refractivity contribution is 5.81. The number of aromatic nitrogens is 2. The number of nitrogens with zero attached hydrogens (tertiary/aromatic N) is 2. The first-order valence-electron chi connectivity index (χ1n) is 7.13. The van der Waals surface area contributed by atoms with Crippen LogP contribution in [0.15, 0.2) is 41.2 Å². The Hall–Kier alpha value is -2.60. The molecule has 118 valence electrons. The molecule has 3 aromatic rings. The highest BCUT2D eigenvalue weighted by Crippen LogP contribution is 2.20. The van der Waals surface area contributed by atoms with Crippen LogP contribution >= 0.6 is 0 Å². The molecule has 23 heavy (non-hydrogen) atoms. The minimum absolute atomic E-state index is 0.0671. The lowest BCUT2D eigenvalue weighted by atomic mass is 10.1. The van der Waals surface area contributed by atoms with E-state index >= 15 is 0 Å². The predicted molar refractivity (Wildman–Crippen MR) is 84.6 cm³/mol. The maximum absolute atomic E-state index is 13.6. The van der Waals surface area contributed by atoms with Gasteiger partial charge in [0.2, 0.25) is 0 Å². The second-order valence-electron chi connectivity index (χ2n) is 5.50. The Morgan fingerprint density at radius 2 is 1.83 bits per heavy atom. The largest absolute Gasteiger partial charge is 0.322 e. The molecule has 0 aliphatic rings. The minimum atomic E-state index is -0.771. The molecule has 6 heteroatoms. The Morgan fingerprint density at radius 1 is 1.17 bits per heavy atom. The van der Waals surface area contributed by atoms with Gasteiger partial charge in [0.1, 0.15) is 17.5 Å². The van der Waals surface area contributed by atoms with Crippen molar-refractivity contribution in [2.75, 3.05) is 0 Å². The van der Waals surface area contributed by atoms with E-state index in [1.165, 1.54) is 4.57 Å². The fourth-order valence-electron chi connectivity index (χ4n) is 2.64. The van der Waals surface area contributed by atoms with Gasteiger partial charge in [-0.3, -0.25) is 9.36 Å². The fourth-order valence-corrected chi connectivity index (χ4v) is 2.64. The molecule has 1 atom stereocenters. The number of fused-ring (bicyclic) bond motifs is 1. The molecule has 3 rings (SSSR count). The molecule has 0 aliphatic heterocycles. The second-order valence-corrected chi connectivity index (χ2v) is 5.50. The molecule has 1 unspecified atom stereocenters. The maximum atomic E-state index is 13.6. The lowest BCUT2D eigenvalue weighted by Crippen LogP contribution is -2.28. The van der Waals surface area contributed by atoms with Gasteiger partial charge in [0.05, 0.1) is 22.6 Å². The van der Waals surface area contributed by atoms with Gasteiger partial charge >= 0.3 is 0 Å². The average Bonchev–Trinajstić information content (AvgIpc) is 2.45. The van der Waals surface area contributed by atoms with E-state index in [2.05, 4.69) is 4.98 Å². The Balaban J connectivity index is 2.47. The van der Waals surface area contributed by atoms with Gasteiger partial charge < -0.3 is 5.73 Å². The summed E-state index contributed by atoms with van der Waals surface area (Å²) >= 11 is 0. The number of hydrogen-bond acceptors (Lipinski definition) is 3. The third kappa shape index (κ3) is 2.61. The molecule has 0 saturated carbocycles. The quantitative estimate of drug-likeness (QED) is 0.791. The van der Waals surface area contributed by atoms with Gasteiger partial charge in [-0.1, -0.05) is 12.1 Å². The number of rotatable bonds is 2. The molecule has 0 spiro atoms. The summed E-state index contributed by atoms with van der Waals surface area (Å²) in [6, 6.07) is 7.63. The highest BCUT2D eigenvalue weighted by Gasteiger charge is 2.17. The molecule has 0 amide bonds. The summed E-state index contributed by atoms with van der Waals surface area (Å²) in [4.78, 5) is 17.3. The Morgan fingerprint density at radius 3 is 2.43 bits per heavy atom. The molecule has 0 bridgehead atoms. The van der Waals surface area contributed by atoms with Crippen LogP contribution in [0.5, 0.6) is 0 Å². The van der Waals surface area contributed by atoms with Crippen LogP contribution < -0.4 is 11.3 Å². The highest BCUT2D eigenvalue weighted by atomic mass is 19.1. The van der Waals surface area contributed by atoms with Crippen molar-refractivity contribution in [3.05, 3.63) is 69.8 Å². The zero-order valence-corrected chi connectivity index (χ0v) is 12.7. The number of aryl methyl sites for hydroxylation is 1. The van der Waals surface area contributed by atoms with Crippen LogP contribution in [0.2, 0.25) is 0 Å². The Bertz CT molecular complexity index is 944. The topological polar surface area (TPSA) is 60.9 Å². The lowest BCUT2D eigenvalue weighted by Gasteiger charge is -2.16. The smallest absolute Gasteiger partial charge is 0.266 e. The molecule has 2 aromatic carbocycles. The summed E-state index contributed by atoms with van der Waals surface area (Å²) in [6.45, 7) is 3.45. The number of benzene rings is 2. The molecule has 1 heterocycles. The summed E-state index contributed by atoms with van der Waals surface area (Å²) < 4.78 is 28.3. The Labute approximate surface area is 131 Å². The van der Waals surface area contributed by atoms with Crippen molar-refractivity contribution in [1.82, 2.24) is 9.55 Å². The van der Waals surface area contributed by atoms with Crippen LogP contribution in [0.4, 0.5) is 8.78 Å². The summed E-state index contributed by atoms with van der Waals surface area (Å²) in [5.74, 6) is -1.29. The van der Waals surface area contributed by atoms with E-state index in [0.29, 0.717) is 10.9 Å². The van der Waals surface area contributed by atoms with Crippen molar-refractivity contribution in [2.45, 2.75) is 19.9 Å². The van der Waals surface area contributed by atoms with Crippen LogP contribution in [0, 0.1) is 18.6 Å². The molecule has 0 radical (unpaired) electrons. The van der Waals surface area contributed by atoms with Crippen molar-refractivity contribution in [3.8, 4) is 5.69 Å². The van der Waals surface area contributed by atoms with E-state index in [1.807, 2.05) is 0 Å². The van der Waals surface area contributed by atoms with Gasteiger partial charge in [-0.25, -0.2) is 13.8 Å². The number of nitrogens with two attached hydrogens (primary N) is 1. The molecule has 2 N–H and O–H groups in total. The van der Waals surface area contributed by atoms with Crippen LogP contribution in [-0.4, -0.2) is 9.55 Å². The van der Waals surface area contributed by atoms with Gasteiger partial charge in [0.25, 0.3) is 5.56 Å². The van der Waals surface area contributed by atoms with Gasteiger partial charge in [-0.2, -0.15) is 0 Å². The molecule has 0 saturated heterocycles. The van der Waals surface area contributed by atoms with Crippen LogP contribution in [0.1, 0.15) is 24.4 Å². The lowest BCUT2D eigenvalue weighted by molar-refractivity contribution is 0.579. The Kier molecular flexibility index (Phi) is 3.69. The molecule has 0 fully saturated rings. The fraction of sp³-hybridized carbons (Fsp3) is 0.176. The van der Waals surface area contributed by atoms with Gasteiger partial charge in [0.15, 0.2) is 0 Å². The maximum Gasteiger partial charge on any atom is 0.266 e. The summed E-state index contributed by atoms with van der Waals surface area (Å²) in [7, 11) is 0. The molecular weight excluding hydrogens is 300 g/mol. The van der Waals surface area contributed by atoms with Crippen molar-refractivity contribution in [3.63, 3.8) is 0 Å². The van der Waals surface area contributed by atoms with Crippen molar-refractivity contribution >= 4 is 10.9 Å². The van der Waals surface area contributed by atoms with E-state index in [-0.39, 0.29) is 11.5 Å². The summed E-state index contributed by atoms with van der Waals surface area (Å²) in [5, 5.41) is 0.404. The zero-order chi connectivity index (χ0) is 16.7. The normalized spacial score (nSPS) is 12.6. The predicted octanol–water partition coefficient (Wildman–Crippen LogP) is 2.99. The van der Waals surface area contributed by atoms with Crippen LogP contribution in [0.3, 0.4) is 0 Å². The second kappa shape index (κ2) is 5.55. The number of hydrogen-bond donors (Lipinski definition) is 1. The van der Waals surface area contributed by atoms with Crippen LogP contribution in [-0.2, 0) is 0 Å². The van der Waals surface area contributed by atoms with E-state index in [1.54, 1.807) is 32.0 Å². The van der Waals surface area contributed by atoms with E-state index in [4.69, 9.17) is 5.73 Å². The van der Waals surface area contributed by atoms with E-state index in [0.717, 1.165) is 23.8 Å². The van der Waals surface area contributed by atoms with Crippen LogP contribution in [0.25, 0.3) is 16.6 Å². The molecular formula is C17H15F2N3O. The summed E-state index contributed by atoms with van der Waals surface area (Å²) in [5.41, 5.74) is 6.83. The SMILES string of the molecule is Cc1cccc2nc(C(C)N)n(-c3cc(F)cc(F)c3)c(=O)c12. The van der Waals surface area contributed by atoms with Gasteiger partial charge in [-0.05, 0) is 37.6 Å². The van der Waals surface area contributed by atoms with Crippen molar-refractivity contribution in [1.29, 1.82) is 0 Å². The molecule has 0 aliphatic carbocycles. The first-order chi connectivity index (χ1) is 10.9. The van der Waals surface area contributed by atoms with E-state index in [9.17, 15) is 13.6 Å². The van der Waals surface area contributed by atoms with Crippen molar-refractivity contribution in [2.24, 2.45) is 5.73 Å². The monoisotopic (exact) mass is 315 g/mol. The summed E-state index contributed by atoms with van der Waals surface area (Å²) in [6.07, 6.45) is 0. The van der Waals surface area contributed by atoms with Gasteiger partial charge in [-0.15, -0.1) is 0 Å².